The Balaban J connectivity index is 1.70. The Bertz CT molecular complexity index is 439. The minimum atomic E-state index is 0.588. The normalized spacial score (nSPS) is 27.8. The lowest BCUT2D eigenvalue weighted by Crippen LogP contribution is -2.58. The van der Waals surface area contributed by atoms with Crippen molar-refractivity contribution in [3.05, 3.63) is 24.3 Å². The number of benzene rings is 1. The predicted octanol–water partition coefficient (Wildman–Crippen LogP) is 4.16. The fraction of sp³-hybridized carbons (Fsp3) is 0.667. The topological polar surface area (TPSA) is 15.3 Å². The lowest BCUT2D eigenvalue weighted by molar-refractivity contribution is 0.245. The van der Waals surface area contributed by atoms with E-state index in [1.807, 2.05) is 11.8 Å². The van der Waals surface area contributed by atoms with Gasteiger partial charge in [-0.25, -0.2) is 0 Å². The second kappa shape index (κ2) is 7.06. The van der Waals surface area contributed by atoms with Gasteiger partial charge in [-0.15, -0.1) is 11.8 Å². The summed E-state index contributed by atoms with van der Waals surface area (Å²) in [4.78, 5) is 3.96. The van der Waals surface area contributed by atoms with Crippen LogP contribution in [-0.2, 0) is 0 Å². The van der Waals surface area contributed by atoms with Gasteiger partial charge in [0.05, 0.1) is 0 Å². The Morgan fingerprint density at radius 3 is 2.48 bits per heavy atom. The van der Waals surface area contributed by atoms with Crippen LogP contribution in [0.2, 0.25) is 0 Å². The Morgan fingerprint density at radius 1 is 1.10 bits per heavy atom. The van der Waals surface area contributed by atoms with Crippen molar-refractivity contribution in [2.75, 3.05) is 24.2 Å². The van der Waals surface area contributed by atoms with Gasteiger partial charge in [-0.2, -0.15) is 0 Å². The van der Waals surface area contributed by atoms with Gasteiger partial charge >= 0.3 is 0 Å². The number of rotatable bonds is 3. The van der Waals surface area contributed by atoms with E-state index in [1.54, 1.807) is 0 Å². The van der Waals surface area contributed by atoms with E-state index in [1.165, 1.54) is 49.2 Å². The van der Waals surface area contributed by atoms with Crippen LogP contribution in [0.1, 0.15) is 39.0 Å². The molecule has 1 aliphatic heterocycles. The van der Waals surface area contributed by atoms with E-state index in [4.69, 9.17) is 0 Å². The molecular formula is C18H28N2S. The zero-order chi connectivity index (χ0) is 14.7. The molecule has 0 radical (unpaired) electrons. The summed E-state index contributed by atoms with van der Waals surface area (Å²) in [6.07, 6.45) is 9.29. The summed E-state index contributed by atoms with van der Waals surface area (Å²) in [5, 5.41) is 3.82. The van der Waals surface area contributed by atoms with Gasteiger partial charge in [-0.3, -0.25) is 0 Å². The van der Waals surface area contributed by atoms with Gasteiger partial charge in [-0.1, -0.05) is 19.3 Å². The summed E-state index contributed by atoms with van der Waals surface area (Å²) in [6, 6.07) is 10.4. The minimum absolute atomic E-state index is 0.588. The Kier molecular flexibility index (Phi) is 5.12. The molecule has 0 spiro atoms. The zero-order valence-electron chi connectivity index (χ0n) is 13.3. The highest BCUT2D eigenvalue weighted by Gasteiger charge is 2.31. The Morgan fingerprint density at radius 2 is 1.81 bits per heavy atom. The van der Waals surface area contributed by atoms with E-state index in [0.29, 0.717) is 12.1 Å². The molecule has 3 heteroatoms. The standard InChI is InChI=1S/C18H28N2S/c1-14-12-19-18(15-6-4-3-5-7-15)13-20(14)16-8-10-17(21-2)11-9-16/h8-11,14-15,18-19H,3-7,12-13H2,1-2H3. The molecule has 1 saturated carbocycles. The molecule has 0 amide bonds. The van der Waals surface area contributed by atoms with E-state index in [-0.39, 0.29) is 0 Å². The van der Waals surface area contributed by atoms with Crippen molar-refractivity contribution in [1.82, 2.24) is 5.32 Å². The molecule has 2 aliphatic rings. The maximum atomic E-state index is 3.82. The molecule has 1 heterocycles. The van der Waals surface area contributed by atoms with E-state index in [2.05, 4.69) is 47.7 Å². The third-order valence-electron chi connectivity index (χ3n) is 5.22. The highest BCUT2D eigenvalue weighted by atomic mass is 32.2. The number of hydrogen-bond donors (Lipinski definition) is 1. The fourth-order valence-corrected chi connectivity index (χ4v) is 4.28. The monoisotopic (exact) mass is 304 g/mol. The summed E-state index contributed by atoms with van der Waals surface area (Å²) < 4.78 is 0. The second-order valence-electron chi connectivity index (χ2n) is 6.61. The molecule has 2 nitrogen and oxygen atoms in total. The second-order valence-corrected chi connectivity index (χ2v) is 7.49. The minimum Gasteiger partial charge on any atom is -0.366 e. The SMILES string of the molecule is CSc1ccc(N2CC(C3CCCCC3)NCC2C)cc1. The molecule has 1 N–H and O–H groups in total. The van der Waals surface area contributed by atoms with Crippen molar-refractivity contribution in [2.45, 2.75) is 56.0 Å². The molecule has 1 aliphatic carbocycles. The van der Waals surface area contributed by atoms with Crippen molar-refractivity contribution in [3.8, 4) is 0 Å². The van der Waals surface area contributed by atoms with Crippen LogP contribution in [0.15, 0.2) is 29.2 Å². The van der Waals surface area contributed by atoms with Crippen molar-refractivity contribution < 1.29 is 0 Å². The van der Waals surface area contributed by atoms with Crippen LogP contribution in [0.4, 0.5) is 5.69 Å². The number of anilines is 1. The molecule has 0 aromatic heterocycles. The number of piperazine rings is 1. The Hall–Kier alpha value is -0.670. The first-order valence-corrected chi connectivity index (χ1v) is 9.64. The first kappa shape index (κ1) is 15.2. The summed E-state index contributed by atoms with van der Waals surface area (Å²) in [6.45, 7) is 4.63. The van der Waals surface area contributed by atoms with Gasteiger partial charge in [0, 0.05) is 35.8 Å². The lowest BCUT2D eigenvalue weighted by atomic mass is 9.82. The molecule has 21 heavy (non-hydrogen) atoms. The number of nitrogens with zero attached hydrogens (tertiary/aromatic N) is 1. The van der Waals surface area contributed by atoms with Gasteiger partial charge in [0.15, 0.2) is 0 Å². The predicted molar refractivity (Wildman–Crippen MR) is 93.4 cm³/mol. The average molecular weight is 305 g/mol. The highest BCUT2D eigenvalue weighted by molar-refractivity contribution is 7.98. The molecule has 1 aromatic rings. The molecular weight excluding hydrogens is 276 g/mol. The maximum Gasteiger partial charge on any atom is 0.0387 e. The summed E-state index contributed by atoms with van der Waals surface area (Å²) >= 11 is 1.82. The number of nitrogens with one attached hydrogen (secondary N) is 1. The Labute approximate surface area is 133 Å². The van der Waals surface area contributed by atoms with Gasteiger partial charge < -0.3 is 10.2 Å². The molecule has 2 fully saturated rings. The molecule has 1 saturated heterocycles. The summed E-state index contributed by atoms with van der Waals surface area (Å²) in [5.74, 6) is 0.888. The molecule has 0 bridgehead atoms. The van der Waals surface area contributed by atoms with Crippen LogP contribution in [0.5, 0.6) is 0 Å². The van der Waals surface area contributed by atoms with Gasteiger partial charge in [0.2, 0.25) is 0 Å². The smallest absolute Gasteiger partial charge is 0.0387 e. The summed E-state index contributed by atoms with van der Waals surface area (Å²) in [5.41, 5.74) is 1.39. The van der Waals surface area contributed by atoms with E-state index in [9.17, 15) is 0 Å². The number of thioether (sulfide) groups is 1. The van der Waals surface area contributed by atoms with E-state index < -0.39 is 0 Å². The largest absolute Gasteiger partial charge is 0.366 e. The first-order chi connectivity index (χ1) is 10.3. The first-order valence-electron chi connectivity index (χ1n) is 8.42. The average Bonchev–Trinajstić information content (AvgIpc) is 2.56. The molecule has 1 aromatic carbocycles. The summed E-state index contributed by atoms with van der Waals surface area (Å²) in [7, 11) is 0. The van der Waals surface area contributed by atoms with Gasteiger partial charge in [0.1, 0.15) is 0 Å². The number of hydrogen-bond acceptors (Lipinski definition) is 3. The molecule has 3 rings (SSSR count). The van der Waals surface area contributed by atoms with E-state index >= 15 is 0 Å². The van der Waals surface area contributed by atoms with Crippen LogP contribution in [0.3, 0.4) is 0 Å². The quantitative estimate of drug-likeness (QED) is 0.844. The van der Waals surface area contributed by atoms with Gasteiger partial charge in [0.25, 0.3) is 0 Å². The van der Waals surface area contributed by atoms with Crippen LogP contribution >= 0.6 is 11.8 Å². The fourth-order valence-electron chi connectivity index (χ4n) is 3.87. The van der Waals surface area contributed by atoms with E-state index in [0.717, 1.165) is 12.5 Å². The lowest BCUT2D eigenvalue weighted by Gasteiger charge is -2.44. The maximum absolute atomic E-state index is 3.82. The van der Waals surface area contributed by atoms with Crippen LogP contribution in [0, 0.1) is 5.92 Å². The highest BCUT2D eigenvalue weighted by Crippen LogP contribution is 2.30. The van der Waals surface area contributed by atoms with Crippen molar-refractivity contribution in [2.24, 2.45) is 5.92 Å². The van der Waals surface area contributed by atoms with Gasteiger partial charge in [-0.05, 0) is 56.2 Å². The van der Waals surface area contributed by atoms with Crippen molar-refractivity contribution >= 4 is 17.4 Å². The third-order valence-corrected chi connectivity index (χ3v) is 5.97. The molecule has 2 unspecified atom stereocenters. The van der Waals surface area contributed by atoms with Crippen molar-refractivity contribution in [3.63, 3.8) is 0 Å². The van der Waals surface area contributed by atoms with Crippen molar-refractivity contribution in [1.29, 1.82) is 0 Å². The van der Waals surface area contributed by atoms with Crippen LogP contribution < -0.4 is 10.2 Å². The molecule has 2 atom stereocenters. The molecule has 116 valence electrons. The zero-order valence-corrected chi connectivity index (χ0v) is 14.2. The third kappa shape index (κ3) is 3.57. The van der Waals surface area contributed by atoms with Crippen LogP contribution in [0.25, 0.3) is 0 Å². The van der Waals surface area contributed by atoms with Crippen LogP contribution in [-0.4, -0.2) is 31.4 Å².